The summed E-state index contributed by atoms with van der Waals surface area (Å²) in [7, 11) is 3.00. The van der Waals surface area contributed by atoms with E-state index in [9.17, 15) is 4.79 Å². The van der Waals surface area contributed by atoms with Gasteiger partial charge in [0, 0.05) is 5.69 Å². The normalized spacial score (nSPS) is 9.24. The zero-order valence-corrected chi connectivity index (χ0v) is 11.6. The molecule has 0 radical (unpaired) electrons. The van der Waals surface area contributed by atoms with E-state index in [-0.39, 0.29) is 11.5 Å². The van der Waals surface area contributed by atoms with Crippen LogP contribution in [-0.2, 0) is 0 Å². The minimum atomic E-state index is -0.931. The number of anilines is 2. The first kappa shape index (κ1) is 16.0. The topological polar surface area (TPSA) is 134 Å². The summed E-state index contributed by atoms with van der Waals surface area (Å²) in [6, 6.07) is 7.61. The van der Waals surface area contributed by atoms with E-state index in [0.29, 0.717) is 17.4 Å². The molecule has 0 saturated heterocycles. The van der Waals surface area contributed by atoms with Gasteiger partial charge < -0.3 is 26.0 Å². The molecule has 0 aliphatic heterocycles. The number of benzene rings is 1. The van der Waals surface area contributed by atoms with Crippen molar-refractivity contribution < 1.29 is 19.4 Å². The van der Waals surface area contributed by atoms with Crippen molar-refractivity contribution in [3.8, 4) is 11.8 Å². The van der Waals surface area contributed by atoms with Crippen molar-refractivity contribution >= 4 is 17.6 Å². The van der Waals surface area contributed by atoms with Gasteiger partial charge in [-0.05, 0) is 24.3 Å². The lowest BCUT2D eigenvalue weighted by Gasteiger charge is -2.01. The molecule has 1 aromatic heterocycles. The molecule has 2 rings (SSSR count). The highest BCUT2D eigenvalue weighted by atomic mass is 16.5. The number of rotatable bonds is 3. The van der Waals surface area contributed by atoms with Crippen LogP contribution in [0.3, 0.4) is 0 Å². The number of methoxy groups -OCH3 is 2. The number of carboxylic acids is 1. The van der Waals surface area contributed by atoms with E-state index < -0.39 is 5.97 Å². The van der Waals surface area contributed by atoms with Gasteiger partial charge in [-0.2, -0.15) is 9.97 Å². The Bertz CT molecular complexity index is 579. The first-order valence-corrected chi connectivity index (χ1v) is 5.77. The van der Waals surface area contributed by atoms with Crippen LogP contribution in [-0.4, -0.2) is 35.3 Å². The van der Waals surface area contributed by atoms with Gasteiger partial charge in [0.15, 0.2) is 0 Å². The molecule has 0 bridgehead atoms. The summed E-state index contributed by atoms with van der Waals surface area (Å²) in [5.41, 5.74) is 11.5. The molecule has 1 heterocycles. The average Bonchev–Trinajstić information content (AvgIpc) is 2.47. The molecular formula is C13H16N4O4. The number of aromatic carboxylic acids is 1. The molecule has 1 aromatic carbocycles. The summed E-state index contributed by atoms with van der Waals surface area (Å²) in [5.74, 6) is 0.00454. The minimum Gasteiger partial charge on any atom is -0.481 e. The Morgan fingerprint density at radius 3 is 1.90 bits per heavy atom. The number of carbonyl (C=O) groups is 1. The van der Waals surface area contributed by atoms with Gasteiger partial charge in [-0.25, -0.2) is 4.79 Å². The summed E-state index contributed by atoms with van der Waals surface area (Å²) >= 11 is 0. The molecule has 5 N–H and O–H groups in total. The summed E-state index contributed by atoms with van der Waals surface area (Å²) in [6.45, 7) is 0. The second-order valence-electron chi connectivity index (χ2n) is 3.74. The van der Waals surface area contributed by atoms with E-state index in [1.54, 1.807) is 18.2 Å². The average molecular weight is 292 g/mol. The van der Waals surface area contributed by atoms with Crippen molar-refractivity contribution in [2.24, 2.45) is 0 Å². The molecule has 8 heteroatoms. The second kappa shape index (κ2) is 7.53. The number of nitrogens with zero attached hydrogens (tertiary/aromatic N) is 2. The van der Waals surface area contributed by atoms with Crippen molar-refractivity contribution in [1.82, 2.24) is 9.97 Å². The Morgan fingerprint density at radius 1 is 1.05 bits per heavy atom. The van der Waals surface area contributed by atoms with E-state index in [1.807, 2.05) is 0 Å². The number of hydrogen-bond donors (Lipinski definition) is 3. The van der Waals surface area contributed by atoms with Crippen LogP contribution in [0.15, 0.2) is 30.3 Å². The van der Waals surface area contributed by atoms with Gasteiger partial charge in [0.05, 0.1) is 25.8 Å². The lowest BCUT2D eigenvalue weighted by atomic mass is 10.2. The van der Waals surface area contributed by atoms with Gasteiger partial charge in [-0.3, -0.25) is 0 Å². The largest absolute Gasteiger partial charge is 0.481 e. The van der Waals surface area contributed by atoms with E-state index in [2.05, 4.69) is 9.97 Å². The van der Waals surface area contributed by atoms with Gasteiger partial charge in [0.2, 0.25) is 17.7 Å². The monoisotopic (exact) mass is 292 g/mol. The summed E-state index contributed by atoms with van der Waals surface area (Å²) < 4.78 is 9.65. The molecule has 0 amide bonds. The Hall–Kier alpha value is -3.03. The highest BCUT2D eigenvalue weighted by Gasteiger charge is 2.00. The summed E-state index contributed by atoms with van der Waals surface area (Å²) in [4.78, 5) is 17.8. The third kappa shape index (κ3) is 5.23. The van der Waals surface area contributed by atoms with Crippen LogP contribution in [0.25, 0.3) is 0 Å². The first-order valence-electron chi connectivity index (χ1n) is 5.77. The predicted octanol–water partition coefficient (Wildman–Crippen LogP) is 1.04. The Kier molecular flexibility index (Phi) is 5.75. The Morgan fingerprint density at radius 2 is 1.52 bits per heavy atom. The molecule has 0 atom stereocenters. The van der Waals surface area contributed by atoms with Crippen molar-refractivity contribution in [2.75, 3.05) is 25.7 Å². The summed E-state index contributed by atoms with van der Waals surface area (Å²) in [5, 5.41) is 8.43. The van der Waals surface area contributed by atoms with Crippen LogP contribution < -0.4 is 20.9 Å². The zero-order chi connectivity index (χ0) is 15.8. The van der Waals surface area contributed by atoms with E-state index in [0.717, 1.165) is 0 Å². The van der Waals surface area contributed by atoms with Crippen LogP contribution >= 0.6 is 0 Å². The Labute approximate surface area is 121 Å². The van der Waals surface area contributed by atoms with E-state index in [4.69, 9.17) is 26.0 Å². The highest BCUT2D eigenvalue weighted by Crippen LogP contribution is 2.14. The minimum absolute atomic E-state index is 0.140. The molecule has 0 unspecified atom stereocenters. The number of nitrogens with two attached hydrogens (primary N) is 2. The maximum Gasteiger partial charge on any atom is 0.335 e. The number of hydrogen-bond acceptors (Lipinski definition) is 7. The lowest BCUT2D eigenvalue weighted by molar-refractivity contribution is 0.0697. The molecule has 0 aliphatic carbocycles. The standard InChI is InChI=1S/C7H7NO2.C6H9N3O2/c8-6-3-1-5(2-4-6)7(9)10;1-10-4-3-5(11-2)9-6(7)8-4/h1-4H,8H2,(H,9,10);3H,1-2H3,(H2,7,8,9). The maximum absolute atomic E-state index is 10.3. The number of ether oxygens (including phenoxy) is 2. The van der Waals surface area contributed by atoms with Crippen molar-refractivity contribution in [2.45, 2.75) is 0 Å². The van der Waals surface area contributed by atoms with Gasteiger partial charge >= 0.3 is 5.97 Å². The van der Waals surface area contributed by atoms with Gasteiger partial charge in [-0.15, -0.1) is 0 Å². The summed E-state index contributed by atoms with van der Waals surface area (Å²) in [6.07, 6.45) is 0. The van der Waals surface area contributed by atoms with E-state index in [1.165, 1.54) is 26.4 Å². The zero-order valence-electron chi connectivity index (χ0n) is 11.6. The third-order valence-corrected chi connectivity index (χ3v) is 2.27. The number of carboxylic acid groups (broad SMARTS) is 1. The van der Waals surface area contributed by atoms with Gasteiger partial charge in [-0.1, -0.05) is 0 Å². The first-order chi connectivity index (χ1) is 9.96. The van der Waals surface area contributed by atoms with Crippen LogP contribution in [0, 0.1) is 0 Å². The van der Waals surface area contributed by atoms with E-state index >= 15 is 0 Å². The maximum atomic E-state index is 10.3. The molecule has 0 aliphatic rings. The quantitative estimate of drug-likeness (QED) is 0.714. The molecular weight excluding hydrogens is 276 g/mol. The molecule has 2 aromatic rings. The number of aromatic nitrogens is 2. The molecule has 0 saturated carbocycles. The molecule has 21 heavy (non-hydrogen) atoms. The van der Waals surface area contributed by atoms with Crippen LogP contribution in [0.5, 0.6) is 11.8 Å². The smallest absolute Gasteiger partial charge is 0.335 e. The van der Waals surface area contributed by atoms with Crippen molar-refractivity contribution in [3.63, 3.8) is 0 Å². The molecule has 8 nitrogen and oxygen atoms in total. The van der Waals surface area contributed by atoms with Crippen LogP contribution in [0.1, 0.15) is 10.4 Å². The predicted molar refractivity (Wildman–Crippen MR) is 77.4 cm³/mol. The molecule has 0 spiro atoms. The molecule has 112 valence electrons. The van der Waals surface area contributed by atoms with Crippen molar-refractivity contribution in [3.05, 3.63) is 35.9 Å². The fourth-order valence-electron chi connectivity index (χ4n) is 1.26. The molecule has 0 fully saturated rings. The van der Waals surface area contributed by atoms with Crippen molar-refractivity contribution in [1.29, 1.82) is 0 Å². The fourth-order valence-corrected chi connectivity index (χ4v) is 1.26. The highest BCUT2D eigenvalue weighted by molar-refractivity contribution is 5.87. The SMILES string of the molecule is COc1cc(OC)nc(N)n1.Nc1ccc(C(=O)O)cc1. The van der Waals surface area contributed by atoms with Gasteiger partial charge in [0.25, 0.3) is 0 Å². The van der Waals surface area contributed by atoms with Gasteiger partial charge in [0.1, 0.15) is 0 Å². The third-order valence-electron chi connectivity index (χ3n) is 2.27. The lowest BCUT2D eigenvalue weighted by Crippen LogP contribution is -1.99. The van der Waals surface area contributed by atoms with Crippen LogP contribution in [0.4, 0.5) is 11.6 Å². The van der Waals surface area contributed by atoms with Crippen LogP contribution in [0.2, 0.25) is 0 Å². The number of nitrogen functional groups attached to an aromatic ring is 2. The second-order valence-corrected chi connectivity index (χ2v) is 3.74. The fraction of sp³-hybridized carbons (Fsp3) is 0.154. The Balaban J connectivity index is 0.000000211.